The lowest BCUT2D eigenvalue weighted by atomic mass is 9.89. The number of likely N-dealkylation sites (tertiary alicyclic amines) is 1. The van der Waals surface area contributed by atoms with Crippen molar-refractivity contribution in [2.45, 2.75) is 31.9 Å². The highest BCUT2D eigenvalue weighted by atomic mass is 16.5. The van der Waals surface area contributed by atoms with Crippen molar-refractivity contribution in [2.24, 2.45) is 0 Å². The summed E-state index contributed by atoms with van der Waals surface area (Å²) in [5.74, 6) is 1.18. The van der Waals surface area contributed by atoms with Crippen LogP contribution >= 0.6 is 0 Å². The van der Waals surface area contributed by atoms with Crippen molar-refractivity contribution in [1.29, 1.82) is 0 Å². The minimum absolute atomic E-state index is 0.0194. The van der Waals surface area contributed by atoms with E-state index in [2.05, 4.69) is 16.0 Å². The van der Waals surface area contributed by atoms with E-state index in [9.17, 15) is 4.79 Å². The molecule has 0 saturated carbocycles. The van der Waals surface area contributed by atoms with Crippen molar-refractivity contribution in [1.82, 2.24) is 14.8 Å². The van der Waals surface area contributed by atoms with E-state index in [0.29, 0.717) is 18.8 Å². The SMILES string of the molecule is Cc1ccc(C(=O)N2CCC3(CC2)CN(Cc2ccccn2)CCO3)o1. The number of aromatic nitrogens is 1. The smallest absolute Gasteiger partial charge is 0.289 e. The van der Waals surface area contributed by atoms with Crippen LogP contribution in [0.2, 0.25) is 0 Å². The molecule has 2 fully saturated rings. The van der Waals surface area contributed by atoms with Crippen molar-refractivity contribution in [2.75, 3.05) is 32.8 Å². The highest BCUT2D eigenvalue weighted by Gasteiger charge is 2.41. The molecule has 6 heteroatoms. The van der Waals surface area contributed by atoms with E-state index in [1.165, 1.54) is 0 Å². The molecule has 6 nitrogen and oxygen atoms in total. The predicted octanol–water partition coefficient (Wildman–Crippen LogP) is 2.49. The van der Waals surface area contributed by atoms with E-state index in [1.54, 1.807) is 6.07 Å². The quantitative estimate of drug-likeness (QED) is 0.847. The molecule has 0 unspecified atom stereocenters. The number of amides is 1. The molecule has 2 aromatic rings. The summed E-state index contributed by atoms with van der Waals surface area (Å²) in [4.78, 5) is 21.3. The molecule has 0 radical (unpaired) electrons. The number of pyridine rings is 1. The number of piperidine rings is 1. The molecule has 0 atom stereocenters. The molecule has 2 aliphatic heterocycles. The number of nitrogens with zero attached hydrogens (tertiary/aromatic N) is 3. The molecular formula is C20H25N3O3. The maximum Gasteiger partial charge on any atom is 0.289 e. The van der Waals surface area contributed by atoms with Crippen LogP contribution in [0.5, 0.6) is 0 Å². The van der Waals surface area contributed by atoms with E-state index in [4.69, 9.17) is 9.15 Å². The largest absolute Gasteiger partial charge is 0.456 e. The molecule has 1 spiro atoms. The average Bonchev–Trinajstić information content (AvgIpc) is 3.09. The van der Waals surface area contributed by atoms with Crippen LogP contribution < -0.4 is 0 Å². The molecule has 2 aromatic heterocycles. The fraction of sp³-hybridized carbons (Fsp3) is 0.500. The zero-order valence-electron chi connectivity index (χ0n) is 15.2. The lowest BCUT2D eigenvalue weighted by molar-refractivity contribution is -0.134. The Bertz CT molecular complexity index is 751. The molecule has 2 aliphatic rings. The fourth-order valence-corrected chi connectivity index (χ4v) is 3.90. The van der Waals surface area contributed by atoms with Gasteiger partial charge in [-0.15, -0.1) is 0 Å². The molecular weight excluding hydrogens is 330 g/mol. The number of carbonyl (C=O) groups is 1. The van der Waals surface area contributed by atoms with E-state index < -0.39 is 0 Å². The first-order valence-corrected chi connectivity index (χ1v) is 9.26. The predicted molar refractivity (Wildman–Crippen MR) is 96.8 cm³/mol. The van der Waals surface area contributed by atoms with Gasteiger partial charge in [0, 0.05) is 38.9 Å². The molecule has 0 N–H and O–H groups in total. The second kappa shape index (κ2) is 7.21. The summed E-state index contributed by atoms with van der Waals surface area (Å²) < 4.78 is 11.7. The third-order valence-electron chi connectivity index (χ3n) is 5.35. The maximum absolute atomic E-state index is 12.6. The van der Waals surface area contributed by atoms with E-state index in [1.807, 2.05) is 36.2 Å². The Balaban J connectivity index is 1.36. The van der Waals surface area contributed by atoms with Crippen LogP contribution in [0.15, 0.2) is 40.9 Å². The first kappa shape index (κ1) is 17.2. The minimum Gasteiger partial charge on any atom is -0.456 e. The number of rotatable bonds is 3. The van der Waals surface area contributed by atoms with Crippen LogP contribution in [0, 0.1) is 6.92 Å². The number of hydrogen-bond donors (Lipinski definition) is 0. The molecule has 0 aromatic carbocycles. The number of furan rings is 1. The normalized spacial score (nSPS) is 20.4. The highest BCUT2D eigenvalue weighted by molar-refractivity contribution is 5.91. The summed E-state index contributed by atoms with van der Waals surface area (Å²) >= 11 is 0. The van der Waals surface area contributed by atoms with Gasteiger partial charge in [0.1, 0.15) is 5.76 Å². The Morgan fingerprint density at radius 2 is 2.04 bits per heavy atom. The van der Waals surface area contributed by atoms with Crippen LogP contribution in [0.25, 0.3) is 0 Å². The van der Waals surface area contributed by atoms with Gasteiger partial charge in [0.25, 0.3) is 5.91 Å². The standard InChI is InChI=1S/C20H25N3O3/c1-16-5-6-18(26-16)19(24)23-10-7-20(8-11-23)15-22(12-13-25-20)14-17-4-2-3-9-21-17/h2-6,9H,7-8,10-15H2,1H3. The number of morpholine rings is 1. The van der Waals surface area contributed by atoms with Gasteiger partial charge in [-0.05, 0) is 44.0 Å². The van der Waals surface area contributed by atoms with Gasteiger partial charge in [0.05, 0.1) is 17.9 Å². The second-order valence-corrected chi connectivity index (χ2v) is 7.27. The van der Waals surface area contributed by atoms with Crippen LogP contribution in [0.4, 0.5) is 0 Å². The summed E-state index contributed by atoms with van der Waals surface area (Å²) in [6, 6.07) is 9.62. The maximum atomic E-state index is 12.6. The minimum atomic E-state index is -0.150. The third-order valence-corrected chi connectivity index (χ3v) is 5.35. The van der Waals surface area contributed by atoms with Crippen molar-refractivity contribution < 1.29 is 13.9 Å². The van der Waals surface area contributed by atoms with Crippen LogP contribution in [0.1, 0.15) is 34.9 Å². The van der Waals surface area contributed by atoms with Gasteiger partial charge < -0.3 is 14.1 Å². The van der Waals surface area contributed by atoms with Crippen molar-refractivity contribution in [3.8, 4) is 0 Å². The third kappa shape index (κ3) is 3.66. The van der Waals surface area contributed by atoms with Crippen molar-refractivity contribution in [3.63, 3.8) is 0 Å². The van der Waals surface area contributed by atoms with Crippen molar-refractivity contribution in [3.05, 3.63) is 53.7 Å². The Kier molecular flexibility index (Phi) is 4.78. The number of ether oxygens (including phenoxy) is 1. The van der Waals surface area contributed by atoms with E-state index in [-0.39, 0.29) is 11.5 Å². The lowest BCUT2D eigenvalue weighted by Crippen LogP contribution is -2.57. The van der Waals surface area contributed by atoms with Gasteiger partial charge in [-0.25, -0.2) is 0 Å². The van der Waals surface area contributed by atoms with Gasteiger partial charge >= 0.3 is 0 Å². The molecule has 0 bridgehead atoms. The number of aryl methyl sites for hydroxylation is 1. The zero-order valence-corrected chi connectivity index (χ0v) is 15.2. The summed E-state index contributed by atoms with van der Waals surface area (Å²) in [6.07, 6.45) is 3.56. The Labute approximate surface area is 153 Å². The molecule has 2 saturated heterocycles. The Hall–Kier alpha value is -2.18. The van der Waals surface area contributed by atoms with Gasteiger partial charge in [0.2, 0.25) is 0 Å². The topological polar surface area (TPSA) is 58.8 Å². The first-order valence-electron chi connectivity index (χ1n) is 9.26. The monoisotopic (exact) mass is 355 g/mol. The first-order chi connectivity index (χ1) is 12.6. The van der Waals surface area contributed by atoms with Crippen LogP contribution in [-0.2, 0) is 11.3 Å². The van der Waals surface area contributed by atoms with Crippen LogP contribution in [-0.4, -0.2) is 59.1 Å². The Morgan fingerprint density at radius 3 is 2.73 bits per heavy atom. The summed E-state index contributed by atoms with van der Waals surface area (Å²) in [5, 5.41) is 0. The Morgan fingerprint density at radius 1 is 1.19 bits per heavy atom. The summed E-state index contributed by atoms with van der Waals surface area (Å²) in [6.45, 7) is 6.66. The molecule has 1 amide bonds. The van der Waals surface area contributed by atoms with Crippen LogP contribution in [0.3, 0.4) is 0 Å². The number of hydrogen-bond acceptors (Lipinski definition) is 5. The molecule has 26 heavy (non-hydrogen) atoms. The highest BCUT2D eigenvalue weighted by Crippen LogP contribution is 2.31. The molecule has 0 aliphatic carbocycles. The summed E-state index contributed by atoms with van der Waals surface area (Å²) in [7, 11) is 0. The van der Waals surface area contributed by atoms with E-state index >= 15 is 0 Å². The average molecular weight is 355 g/mol. The second-order valence-electron chi connectivity index (χ2n) is 7.27. The summed E-state index contributed by atoms with van der Waals surface area (Å²) in [5.41, 5.74) is 0.938. The van der Waals surface area contributed by atoms with Gasteiger partial charge in [0.15, 0.2) is 5.76 Å². The van der Waals surface area contributed by atoms with Gasteiger partial charge in [-0.1, -0.05) is 6.07 Å². The molecule has 138 valence electrons. The van der Waals surface area contributed by atoms with Crippen molar-refractivity contribution >= 4 is 5.91 Å². The fourth-order valence-electron chi connectivity index (χ4n) is 3.90. The zero-order chi connectivity index (χ0) is 18.0. The van der Waals surface area contributed by atoms with Gasteiger partial charge in [-0.3, -0.25) is 14.7 Å². The lowest BCUT2D eigenvalue weighted by Gasteiger charge is -2.47. The number of carbonyl (C=O) groups excluding carboxylic acids is 1. The van der Waals surface area contributed by atoms with E-state index in [0.717, 1.165) is 50.5 Å². The molecule has 4 rings (SSSR count). The van der Waals surface area contributed by atoms with Gasteiger partial charge in [-0.2, -0.15) is 0 Å². The molecule has 4 heterocycles.